The van der Waals surface area contributed by atoms with Gasteiger partial charge in [0.1, 0.15) is 0 Å². The fourth-order valence-electron chi connectivity index (χ4n) is 2.85. The Bertz CT molecular complexity index is 414. The van der Waals surface area contributed by atoms with Gasteiger partial charge in [0.15, 0.2) is 0 Å². The van der Waals surface area contributed by atoms with E-state index in [-0.39, 0.29) is 6.04 Å². The minimum absolute atomic E-state index is 0.175. The van der Waals surface area contributed by atoms with Crippen LogP contribution in [0.2, 0.25) is 10.0 Å². The van der Waals surface area contributed by atoms with Crippen LogP contribution in [0, 0.1) is 0 Å². The number of ether oxygens (including phenoxy) is 1. The molecule has 1 unspecified atom stereocenters. The smallest absolute Gasteiger partial charge is 0.0599 e. The molecular weight excluding hydrogens is 295 g/mol. The Morgan fingerprint density at radius 1 is 1.25 bits per heavy atom. The van der Waals surface area contributed by atoms with E-state index in [0.717, 1.165) is 38.1 Å². The second-order valence-corrected chi connectivity index (χ2v) is 6.02. The first-order valence-electron chi connectivity index (χ1n) is 7.15. The highest BCUT2D eigenvalue weighted by Gasteiger charge is 2.25. The zero-order valence-corrected chi connectivity index (χ0v) is 13.3. The van der Waals surface area contributed by atoms with Gasteiger partial charge >= 0.3 is 0 Å². The van der Waals surface area contributed by atoms with E-state index in [1.54, 1.807) is 6.07 Å². The van der Waals surface area contributed by atoms with Crippen molar-refractivity contribution >= 4 is 23.2 Å². The minimum atomic E-state index is 0.175. The van der Waals surface area contributed by atoms with Crippen molar-refractivity contribution in [1.82, 2.24) is 4.90 Å². The Labute approximate surface area is 131 Å². The van der Waals surface area contributed by atoms with Gasteiger partial charge in [0.2, 0.25) is 0 Å². The van der Waals surface area contributed by atoms with Crippen molar-refractivity contribution in [2.75, 3.05) is 26.2 Å². The first kappa shape index (κ1) is 16.1. The maximum absolute atomic E-state index is 6.09. The van der Waals surface area contributed by atoms with Crippen LogP contribution in [0.3, 0.4) is 0 Å². The van der Waals surface area contributed by atoms with Crippen LogP contribution in [-0.4, -0.2) is 37.2 Å². The molecule has 2 N–H and O–H groups in total. The molecule has 1 aromatic rings. The van der Waals surface area contributed by atoms with Crippen molar-refractivity contribution in [1.29, 1.82) is 0 Å². The van der Waals surface area contributed by atoms with Crippen molar-refractivity contribution in [3.05, 3.63) is 33.8 Å². The molecule has 0 spiro atoms. The summed E-state index contributed by atoms with van der Waals surface area (Å²) in [5, 5.41) is 1.32. The Kier molecular flexibility index (Phi) is 6.12. The van der Waals surface area contributed by atoms with E-state index in [9.17, 15) is 0 Å². The van der Waals surface area contributed by atoms with Gasteiger partial charge in [0.05, 0.1) is 6.10 Å². The topological polar surface area (TPSA) is 38.5 Å². The van der Waals surface area contributed by atoms with Gasteiger partial charge in [-0.15, -0.1) is 0 Å². The molecule has 1 heterocycles. The number of benzene rings is 1. The molecule has 1 atom stereocenters. The summed E-state index contributed by atoms with van der Waals surface area (Å²) in [5.41, 5.74) is 7.07. The molecule has 3 nitrogen and oxygen atoms in total. The normalized spacial score (nSPS) is 19.2. The lowest BCUT2D eigenvalue weighted by Gasteiger charge is -2.37. The summed E-state index contributed by atoms with van der Waals surface area (Å²) < 4.78 is 5.69. The summed E-state index contributed by atoms with van der Waals surface area (Å²) in [7, 11) is 0. The van der Waals surface area contributed by atoms with Crippen LogP contribution < -0.4 is 5.73 Å². The quantitative estimate of drug-likeness (QED) is 0.903. The molecular formula is C15H22Cl2N2O. The molecule has 0 bridgehead atoms. The summed E-state index contributed by atoms with van der Waals surface area (Å²) in [6.07, 6.45) is 2.50. The van der Waals surface area contributed by atoms with Gasteiger partial charge in [0.25, 0.3) is 0 Å². The van der Waals surface area contributed by atoms with Crippen LogP contribution in [0.15, 0.2) is 18.2 Å². The number of nitrogens with zero attached hydrogens (tertiary/aromatic N) is 1. The van der Waals surface area contributed by atoms with Crippen LogP contribution in [0.5, 0.6) is 0 Å². The molecule has 1 aliphatic heterocycles. The van der Waals surface area contributed by atoms with Gasteiger partial charge in [-0.1, -0.05) is 23.2 Å². The SMILES string of the molecule is CCOC1CCN(C(CN)c2cc(Cl)cc(Cl)c2)CC1. The zero-order chi connectivity index (χ0) is 14.5. The highest BCUT2D eigenvalue weighted by atomic mass is 35.5. The average Bonchev–Trinajstić information content (AvgIpc) is 2.41. The van der Waals surface area contributed by atoms with Crippen LogP contribution in [-0.2, 0) is 4.74 Å². The molecule has 1 aliphatic rings. The van der Waals surface area contributed by atoms with Crippen molar-refractivity contribution < 1.29 is 4.74 Å². The molecule has 0 aliphatic carbocycles. The highest BCUT2D eigenvalue weighted by Crippen LogP contribution is 2.29. The second kappa shape index (κ2) is 7.62. The monoisotopic (exact) mass is 316 g/mol. The van der Waals surface area contributed by atoms with Crippen LogP contribution >= 0.6 is 23.2 Å². The predicted molar refractivity (Wildman–Crippen MR) is 84.5 cm³/mol. The largest absolute Gasteiger partial charge is 0.378 e. The predicted octanol–water partition coefficient (Wildman–Crippen LogP) is 3.49. The number of nitrogens with two attached hydrogens (primary N) is 1. The molecule has 0 aromatic heterocycles. The third kappa shape index (κ3) is 4.09. The summed E-state index contributed by atoms with van der Waals surface area (Å²) in [4.78, 5) is 2.40. The summed E-state index contributed by atoms with van der Waals surface area (Å²) in [6.45, 7) is 5.39. The van der Waals surface area contributed by atoms with Crippen molar-refractivity contribution in [2.24, 2.45) is 5.73 Å². The van der Waals surface area contributed by atoms with Gasteiger partial charge < -0.3 is 10.5 Å². The molecule has 0 saturated carbocycles. The first-order chi connectivity index (χ1) is 9.63. The number of hydrogen-bond acceptors (Lipinski definition) is 3. The van der Waals surface area contributed by atoms with Gasteiger partial charge in [-0.25, -0.2) is 0 Å². The lowest BCUT2D eigenvalue weighted by molar-refractivity contribution is 0.00452. The number of rotatable bonds is 5. The molecule has 1 aromatic carbocycles. The molecule has 20 heavy (non-hydrogen) atoms. The Balaban J connectivity index is 2.05. The van der Waals surface area contributed by atoms with Crippen LogP contribution in [0.1, 0.15) is 31.4 Å². The molecule has 5 heteroatoms. The van der Waals surface area contributed by atoms with Crippen molar-refractivity contribution in [3.8, 4) is 0 Å². The van der Waals surface area contributed by atoms with Crippen LogP contribution in [0.25, 0.3) is 0 Å². The zero-order valence-electron chi connectivity index (χ0n) is 11.8. The maximum atomic E-state index is 6.09. The van der Waals surface area contributed by atoms with E-state index >= 15 is 0 Å². The van der Waals surface area contributed by atoms with Gasteiger partial charge in [-0.2, -0.15) is 0 Å². The second-order valence-electron chi connectivity index (χ2n) is 5.14. The van der Waals surface area contributed by atoms with E-state index in [0.29, 0.717) is 22.7 Å². The molecule has 0 amide bonds. The molecule has 0 radical (unpaired) electrons. The minimum Gasteiger partial charge on any atom is -0.378 e. The fraction of sp³-hybridized carbons (Fsp3) is 0.600. The molecule has 2 rings (SSSR count). The number of piperidine rings is 1. The number of halogens is 2. The molecule has 1 saturated heterocycles. The van der Waals surface area contributed by atoms with Crippen molar-refractivity contribution in [3.63, 3.8) is 0 Å². The summed E-state index contributed by atoms with van der Waals surface area (Å²) in [5.74, 6) is 0. The lowest BCUT2D eigenvalue weighted by atomic mass is 10.0. The third-order valence-corrected chi connectivity index (χ3v) is 4.25. The Hall–Kier alpha value is -0.320. The number of likely N-dealkylation sites (tertiary alicyclic amines) is 1. The van der Waals surface area contributed by atoms with E-state index in [2.05, 4.69) is 4.90 Å². The average molecular weight is 317 g/mol. The van der Waals surface area contributed by atoms with Crippen molar-refractivity contribution in [2.45, 2.75) is 31.9 Å². The van der Waals surface area contributed by atoms with Crippen LogP contribution in [0.4, 0.5) is 0 Å². The standard InChI is InChI=1S/C15H22Cl2N2O/c1-2-20-14-3-5-19(6-4-14)15(10-18)11-7-12(16)9-13(17)8-11/h7-9,14-15H,2-6,10,18H2,1H3. The van der Waals surface area contributed by atoms with E-state index < -0.39 is 0 Å². The Morgan fingerprint density at radius 3 is 2.35 bits per heavy atom. The maximum Gasteiger partial charge on any atom is 0.0599 e. The highest BCUT2D eigenvalue weighted by molar-refractivity contribution is 6.34. The van der Waals surface area contributed by atoms with E-state index in [1.165, 1.54) is 0 Å². The summed E-state index contributed by atoms with van der Waals surface area (Å²) >= 11 is 12.2. The number of hydrogen-bond donors (Lipinski definition) is 1. The first-order valence-corrected chi connectivity index (χ1v) is 7.91. The lowest BCUT2D eigenvalue weighted by Crippen LogP contribution is -2.41. The molecule has 1 fully saturated rings. The summed E-state index contributed by atoms with van der Waals surface area (Å²) in [6, 6.07) is 5.84. The fourth-order valence-corrected chi connectivity index (χ4v) is 3.40. The third-order valence-electron chi connectivity index (χ3n) is 3.81. The van der Waals surface area contributed by atoms with E-state index in [4.69, 9.17) is 33.7 Å². The van der Waals surface area contributed by atoms with E-state index in [1.807, 2.05) is 19.1 Å². The van der Waals surface area contributed by atoms with Gasteiger partial charge in [-0.05, 0) is 43.5 Å². The van der Waals surface area contributed by atoms with Gasteiger partial charge in [0, 0.05) is 42.3 Å². The molecule has 112 valence electrons. The Morgan fingerprint density at radius 2 is 1.85 bits per heavy atom. The van der Waals surface area contributed by atoms with Gasteiger partial charge in [-0.3, -0.25) is 4.90 Å².